The maximum absolute atomic E-state index is 4.23. The normalized spacial score (nSPS) is 21.5. The molecule has 0 aliphatic carbocycles. The second-order valence-corrected chi connectivity index (χ2v) is 5.17. The first-order valence-corrected chi connectivity index (χ1v) is 6.71. The van der Waals surface area contributed by atoms with E-state index in [1.807, 2.05) is 12.4 Å². The lowest BCUT2D eigenvalue weighted by atomic mass is 10.2. The molecule has 96 valence electrons. The fourth-order valence-electron chi connectivity index (χ4n) is 2.42. The van der Waals surface area contributed by atoms with Crippen LogP contribution < -0.4 is 5.32 Å². The molecule has 0 bridgehead atoms. The molecule has 1 fully saturated rings. The highest BCUT2D eigenvalue weighted by Crippen LogP contribution is 2.12. The predicted molar refractivity (Wildman–Crippen MR) is 70.0 cm³/mol. The molecule has 1 aromatic rings. The number of hydrogen-bond donors (Lipinski definition) is 2. The molecule has 17 heavy (non-hydrogen) atoms. The van der Waals surface area contributed by atoms with Crippen molar-refractivity contribution in [2.24, 2.45) is 0 Å². The summed E-state index contributed by atoms with van der Waals surface area (Å²) in [4.78, 5) is 9.92. The molecule has 4 nitrogen and oxygen atoms in total. The van der Waals surface area contributed by atoms with E-state index < -0.39 is 0 Å². The Morgan fingerprint density at radius 1 is 1.59 bits per heavy atom. The van der Waals surface area contributed by atoms with Gasteiger partial charge in [0, 0.05) is 37.4 Å². The summed E-state index contributed by atoms with van der Waals surface area (Å²) in [5, 5.41) is 3.65. The van der Waals surface area contributed by atoms with Crippen LogP contribution in [0.25, 0.3) is 0 Å². The smallest absolute Gasteiger partial charge is 0.106 e. The van der Waals surface area contributed by atoms with Crippen molar-refractivity contribution in [1.29, 1.82) is 0 Å². The molecule has 4 heteroatoms. The van der Waals surface area contributed by atoms with Crippen molar-refractivity contribution in [3.8, 4) is 0 Å². The number of aromatic nitrogens is 2. The van der Waals surface area contributed by atoms with Crippen LogP contribution in [0.15, 0.2) is 12.4 Å². The largest absolute Gasteiger partial charge is 0.349 e. The molecule has 1 unspecified atom stereocenters. The van der Waals surface area contributed by atoms with E-state index in [-0.39, 0.29) is 0 Å². The number of hydrogen-bond acceptors (Lipinski definition) is 3. The standard InChI is InChI=1S/C13H24N4/c1-11(2)17-9-5-12(10-17)14-6-3-4-13-15-7-8-16-13/h7-8,11-12,14H,3-6,9-10H2,1-2H3,(H,15,16). The van der Waals surface area contributed by atoms with E-state index in [2.05, 4.69) is 34.0 Å². The van der Waals surface area contributed by atoms with Crippen molar-refractivity contribution in [3.63, 3.8) is 0 Å². The average molecular weight is 236 g/mol. The summed E-state index contributed by atoms with van der Waals surface area (Å²) in [5.41, 5.74) is 0. The first kappa shape index (κ1) is 12.6. The van der Waals surface area contributed by atoms with Gasteiger partial charge in [0.1, 0.15) is 5.82 Å². The van der Waals surface area contributed by atoms with Gasteiger partial charge in [-0.25, -0.2) is 4.98 Å². The SMILES string of the molecule is CC(C)N1CCC(NCCCc2ncc[nH]2)C1. The van der Waals surface area contributed by atoms with Crippen molar-refractivity contribution in [2.45, 2.75) is 45.2 Å². The monoisotopic (exact) mass is 236 g/mol. The molecular weight excluding hydrogens is 212 g/mol. The molecule has 1 atom stereocenters. The lowest BCUT2D eigenvalue weighted by Crippen LogP contribution is -2.35. The van der Waals surface area contributed by atoms with Crippen LogP contribution in [-0.4, -0.2) is 46.6 Å². The number of nitrogens with one attached hydrogen (secondary N) is 2. The maximum atomic E-state index is 4.23. The van der Waals surface area contributed by atoms with Gasteiger partial charge in [-0.05, 0) is 39.8 Å². The van der Waals surface area contributed by atoms with Gasteiger partial charge in [0.25, 0.3) is 0 Å². The zero-order chi connectivity index (χ0) is 12.1. The second kappa shape index (κ2) is 6.17. The van der Waals surface area contributed by atoms with Crippen molar-refractivity contribution in [2.75, 3.05) is 19.6 Å². The van der Waals surface area contributed by atoms with Crippen LogP contribution in [0.3, 0.4) is 0 Å². The lowest BCUT2D eigenvalue weighted by Gasteiger charge is -2.20. The number of nitrogens with zero attached hydrogens (tertiary/aromatic N) is 2. The zero-order valence-electron chi connectivity index (χ0n) is 10.9. The van der Waals surface area contributed by atoms with Gasteiger partial charge in [0.05, 0.1) is 0 Å². The number of aromatic amines is 1. The summed E-state index contributed by atoms with van der Waals surface area (Å²) < 4.78 is 0. The molecule has 2 rings (SSSR count). The van der Waals surface area contributed by atoms with Gasteiger partial charge in [0.15, 0.2) is 0 Å². The summed E-state index contributed by atoms with van der Waals surface area (Å²) in [6.45, 7) is 8.10. The highest BCUT2D eigenvalue weighted by atomic mass is 15.2. The molecule has 2 N–H and O–H groups in total. The van der Waals surface area contributed by atoms with Gasteiger partial charge in [-0.1, -0.05) is 0 Å². The van der Waals surface area contributed by atoms with Gasteiger partial charge in [0.2, 0.25) is 0 Å². The van der Waals surface area contributed by atoms with Crippen molar-refractivity contribution in [3.05, 3.63) is 18.2 Å². The first-order valence-electron chi connectivity index (χ1n) is 6.71. The Morgan fingerprint density at radius 2 is 2.47 bits per heavy atom. The predicted octanol–water partition coefficient (Wildman–Crippen LogP) is 1.41. The zero-order valence-corrected chi connectivity index (χ0v) is 10.9. The number of rotatable bonds is 6. The van der Waals surface area contributed by atoms with Crippen LogP contribution in [-0.2, 0) is 6.42 Å². The van der Waals surface area contributed by atoms with E-state index in [1.165, 1.54) is 19.5 Å². The number of imidazole rings is 1. The van der Waals surface area contributed by atoms with Crippen LogP contribution in [0.1, 0.15) is 32.5 Å². The van der Waals surface area contributed by atoms with E-state index in [0.29, 0.717) is 12.1 Å². The molecule has 0 amide bonds. The summed E-state index contributed by atoms with van der Waals surface area (Å²) in [6.07, 6.45) is 7.20. The van der Waals surface area contributed by atoms with Crippen LogP contribution in [0.2, 0.25) is 0 Å². The van der Waals surface area contributed by atoms with Crippen LogP contribution in [0.4, 0.5) is 0 Å². The highest BCUT2D eigenvalue weighted by molar-refractivity contribution is 4.87. The number of H-pyrrole nitrogens is 1. The molecule has 0 spiro atoms. The van der Waals surface area contributed by atoms with Crippen LogP contribution in [0, 0.1) is 0 Å². The summed E-state index contributed by atoms with van der Waals surface area (Å²) >= 11 is 0. The molecule has 0 radical (unpaired) electrons. The molecule has 1 aliphatic rings. The summed E-state index contributed by atoms with van der Waals surface area (Å²) in [5.74, 6) is 1.10. The third-order valence-electron chi connectivity index (χ3n) is 3.53. The van der Waals surface area contributed by atoms with E-state index in [4.69, 9.17) is 0 Å². The van der Waals surface area contributed by atoms with E-state index in [0.717, 1.165) is 25.2 Å². The third kappa shape index (κ3) is 3.82. The third-order valence-corrected chi connectivity index (χ3v) is 3.53. The first-order chi connectivity index (χ1) is 8.25. The molecule has 2 heterocycles. The molecular formula is C13H24N4. The van der Waals surface area contributed by atoms with Gasteiger partial charge in [-0.3, -0.25) is 4.90 Å². The maximum Gasteiger partial charge on any atom is 0.106 e. The molecule has 0 saturated carbocycles. The fraction of sp³-hybridized carbons (Fsp3) is 0.769. The van der Waals surface area contributed by atoms with E-state index in [9.17, 15) is 0 Å². The Hall–Kier alpha value is -0.870. The number of likely N-dealkylation sites (tertiary alicyclic amines) is 1. The van der Waals surface area contributed by atoms with Crippen molar-refractivity contribution >= 4 is 0 Å². The van der Waals surface area contributed by atoms with Gasteiger partial charge in [-0.2, -0.15) is 0 Å². The Balaban J connectivity index is 1.57. The lowest BCUT2D eigenvalue weighted by molar-refractivity contribution is 0.268. The fourth-order valence-corrected chi connectivity index (χ4v) is 2.42. The van der Waals surface area contributed by atoms with Crippen LogP contribution in [0.5, 0.6) is 0 Å². The van der Waals surface area contributed by atoms with Crippen molar-refractivity contribution in [1.82, 2.24) is 20.2 Å². The van der Waals surface area contributed by atoms with Gasteiger partial charge < -0.3 is 10.3 Å². The quantitative estimate of drug-likeness (QED) is 0.734. The minimum atomic E-state index is 0.685. The molecule has 1 aromatic heterocycles. The Morgan fingerprint density at radius 3 is 3.12 bits per heavy atom. The molecule has 0 aromatic carbocycles. The van der Waals surface area contributed by atoms with E-state index >= 15 is 0 Å². The molecule has 1 saturated heterocycles. The summed E-state index contributed by atoms with van der Waals surface area (Å²) in [6, 6.07) is 1.37. The Kier molecular flexibility index (Phi) is 4.57. The highest BCUT2D eigenvalue weighted by Gasteiger charge is 2.23. The van der Waals surface area contributed by atoms with Crippen molar-refractivity contribution < 1.29 is 0 Å². The topological polar surface area (TPSA) is 44.0 Å². The Labute approximate surface area is 104 Å². The van der Waals surface area contributed by atoms with Crippen LogP contribution >= 0.6 is 0 Å². The van der Waals surface area contributed by atoms with Gasteiger partial charge in [-0.15, -0.1) is 0 Å². The Bertz CT molecular complexity index is 307. The summed E-state index contributed by atoms with van der Waals surface area (Å²) in [7, 11) is 0. The second-order valence-electron chi connectivity index (χ2n) is 5.17. The minimum Gasteiger partial charge on any atom is -0.349 e. The average Bonchev–Trinajstić information content (AvgIpc) is 2.96. The minimum absolute atomic E-state index is 0.685. The molecule has 1 aliphatic heterocycles. The van der Waals surface area contributed by atoms with E-state index in [1.54, 1.807) is 0 Å². The van der Waals surface area contributed by atoms with Gasteiger partial charge >= 0.3 is 0 Å². The number of aryl methyl sites for hydroxylation is 1.